The van der Waals surface area contributed by atoms with Crippen molar-refractivity contribution in [3.8, 4) is 0 Å². The van der Waals surface area contributed by atoms with Crippen molar-refractivity contribution in [2.75, 3.05) is 38.8 Å². The predicted octanol–water partition coefficient (Wildman–Crippen LogP) is 2.94. The van der Waals surface area contributed by atoms with Crippen LogP contribution in [0, 0.1) is 5.82 Å². The van der Waals surface area contributed by atoms with E-state index in [-0.39, 0.29) is 5.02 Å². The second-order valence-electron chi connectivity index (χ2n) is 3.51. The summed E-state index contributed by atoms with van der Waals surface area (Å²) in [7, 11) is 1.67. The fourth-order valence-corrected chi connectivity index (χ4v) is 1.46. The van der Waals surface area contributed by atoms with Gasteiger partial charge in [-0.1, -0.05) is 11.6 Å². The first-order chi connectivity index (χ1) is 8.24. The average molecular weight is 262 g/mol. The van der Waals surface area contributed by atoms with E-state index in [0.717, 1.165) is 12.1 Å². The van der Waals surface area contributed by atoms with E-state index in [9.17, 15) is 4.39 Å². The summed E-state index contributed by atoms with van der Waals surface area (Å²) in [5.41, 5.74) is 0.789. The molecule has 0 aliphatic carbocycles. The summed E-state index contributed by atoms with van der Waals surface area (Å²) in [6.45, 7) is 2.65. The van der Waals surface area contributed by atoms with E-state index >= 15 is 0 Å². The van der Waals surface area contributed by atoms with Gasteiger partial charge in [-0.3, -0.25) is 0 Å². The molecule has 0 unspecified atom stereocenters. The lowest BCUT2D eigenvalue weighted by Gasteiger charge is -2.07. The molecule has 0 atom stereocenters. The Kier molecular flexibility index (Phi) is 6.93. The lowest BCUT2D eigenvalue weighted by Crippen LogP contribution is -2.10. The highest BCUT2D eigenvalue weighted by Crippen LogP contribution is 2.18. The van der Waals surface area contributed by atoms with Gasteiger partial charge in [0, 0.05) is 32.6 Å². The van der Waals surface area contributed by atoms with Crippen LogP contribution in [0.15, 0.2) is 18.2 Å². The fraction of sp³-hybridized carbons (Fsp3) is 0.500. The zero-order chi connectivity index (χ0) is 12.5. The normalized spacial score (nSPS) is 10.5. The lowest BCUT2D eigenvalue weighted by atomic mass is 10.3. The maximum Gasteiger partial charge on any atom is 0.141 e. The van der Waals surface area contributed by atoms with Gasteiger partial charge in [0.2, 0.25) is 0 Å². The molecule has 1 N–H and O–H groups in total. The molecule has 0 fully saturated rings. The number of rotatable bonds is 8. The lowest BCUT2D eigenvalue weighted by molar-refractivity contribution is 0.109. The first-order valence-corrected chi connectivity index (χ1v) is 5.87. The van der Waals surface area contributed by atoms with E-state index in [2.05, 4.69) is 5.32 Å². The van der Waals surface area contributed by atoms with Gasteiger partial charge in [-0.25, -0.2) is 4.39 Å². The van der Waals surface area contributed by atoms with Crippen LogP contribution in [-0.2, 0) is 9.47 Å². The maximum absolute atomic E-state index is 12.9. The standard InChI is InChI=1S/C12H17ClFNO2/c1-16-6-2-7-17-8-5-15-10-3-4-12(14)11(13)9-10/h3-4,9,15H,2,5-8H2,1H3. The van der Waals surface area contributed by atoms with Crippen LogP contribution in [0.1, 0.15) is 6.42 Å². The van der Waals surface area contributed by atoms with Gasteiger partial charge in [0.15, 0.2) is 0 Å². The topological polar surface area (TPSA) is 30.5 Å². The van der Waals surface area contributed by atoms with E-state index < -0.39 is 5.82 Å². The van der Waals surface area contributed by atoms with Crippen molar-refractivity contribution in [3.05, 3.63) is 29.0 Å². The summed E-state index contributed by atoms with van der Waals surface area (Å²) in [5.74, 6) is -0.409. The molecule has 0 heterocycles. The number of benzene rings is 1. The average Bonchev–Trinajstić information content (AvgIpc) is 2.32. The molecule has 0 bridgehead atoms. The first-order valence-electron chi connectivity index (χ1n) is 5.49. The summed E-state index contributed by atoms with van der Waals surface area (Å²) in [6, 6.07) is 4.54. The Morgan fingerprint density at radius 3 is 2.82 bits per heavy atom. The number of halogens is 2. The van der Waals surface area contributed by atoms with Crippen LogP contribution >= 0.6 is 11.6 Å². The molecule has 1 aromatic carbocycles. The van der Waals surface area contributed by atoms with Gasteiger partial charge in [-0.15, -0.1) is 0 Å². The monoisotopic (exact) mass is 261 g/mol. The van der Waals surface area contributed by atoms with Crippen LogP contribution in [0.25, 0.3) is 0 Å². The molecule has 0 aliphatic heterocycles. The highest BCUT2D eigenvalue weighted by atomic mass is 35.5. The van der Waals surface area contributed by atoms with Crippen molar-refractivity contribution < 1.29 is 13.9 Å². The van der Waals surface area contributed by atoms with Crippen molar-refractivity contribution in [1.82, 2.24) is 0 Å². The Balaban J connectivity index is 2.11. The van der Waals surface area contributed by atoms with Crippen molar-refractivity contribution in [1.29, 1.82) is 0 Å². The number of hydrogen-bond acceptors (Lipinski definition) is 3. The Morgan fingerprint density at radius 2 is 2.12 bits per heavy atom. The molecule has 0 saturated carbocycles. The maximum atomic E-state index is 12.9. The van der Waals surface area contributed by atoms with Crippen molar-refractivity contribution >= 4 is 17.3 Å². The molecule has 3 nitrogen and oxygen atoms in total. The third-order valence-corrected chi connectivity index (χ3v) is 2.42. The molecule has 1 rings (SSSR count). The summed E-state index contributed by atoms with van der Waals surface area (Å²) in [6.07, 6.45) is 0.888. The van der Waals surface area contributed by atoms with Gasteiger partial charge in [-0.05, 0) is 24.6 Å². The van der Waals surface area contributed by atoms with E-state index in [0.29, 0.717) is 26.4 Å². The van der Waals surface area contributed by atoms with E-state index in [1.165, 1.54) is 6.07 Å². The smallest absolute Gasteiger partial charge is 0.141 e. The molecule has 0 saturated heterocycles. The highest BCUT2D eigenvalue weighted by Gasteiger charge is 1.99. The van der Waals surface area contributed by atoms with Crippen LogP contribution in [0.4, 0.5) is 10.1 Å². The molecule has 0 spiro atoms. The molecule has 96 valence electrons. The molecular weight excluding hydrogens is 245 g/mol. The molecule has 0 amide bonds. The molecular formula is C12H17ClFNO2. The van der Waals surface area contributed by atoms with Crippen LogP contribution in [-0.4, -0.2) is 33.5 Å². The highest BCUT2D eigenvalue weighted by molar-refractivity contribution is 6.31. The summed E-state index contributed by atoms with van der Waals surface area (Å²) in [4.78, 5) is 0. The third kappa shape index (κ3) is 5.86. The molecule has 1 aromatic rings. The zero-order valence-electron chi connectivity index (χ0n) is 9.84. The number of anilines is 1. The van der Waals surface area contributed by atoms with Crippen LogP contribution < -0.4 is 5.32 Å². The van der Waals surface area contributed by atoms with Crippen molar-refractivity contribution in [3.63, 3.8) is 0 Å². The summed E-state index contributed by atoms with van der Waals surface area (Å²) in [5, 5.41) is 3.22. The van der Waals surface area contributed by atoms with Gasteiger partial charge < -0.3 is 14.8 Å². The third-order valence-electron chi connectivity index (χ3n) is 2.13. The minimum absolute atomic E-state index is 0.121. The molecule has 0 aromatic heterocycles. The van der Waals surface area contributed by atoms with Gasteiger partial charge >= 0.3 is 0 Å². The van der Waals surface area contributed by atoms with Crippen LogP contribution in [0.5, 0.6) is 0 Å². The molecule has 17 heavy (non-hydrogen) atoms. The molecule has 5 heteroatoms. The van der Waals surface area contributed by atoms with E-state index in [1.54, 1.807) is 19.2 Å². The summed E-state index contributed by atoms with van der Waals surface area (Å²) >= 11 is 5.65. The van der Waals surface area contributed by atoms with Gasteiger partial charge in [0.1, 0.15) is 5.82 Å². The fourth-order valence-electron chi connectivity index (χ4n) is 1.28. The second-order valence-corrected chi connectivity index (χ2v) is 3.92. The molecule has 0 radical (unpaired) electrons. The Morgan fingerprint density at radius 1 is 1.29 bits per heavy atom. The number of nitrogens with one attached hydrogen (secondary N) is 1. The zero-order valence-corrected chi connectivity index (χ0v) is 10.6. The second kappa shape index (κ2) is 8.28. The minimum Gasteiger partial charge on any atom is -0.385 e. The van der Waals surface area contributed by atoms with Gasteiger partial charge in [0.25, 0.3) is 0 Å². The number of ether oxygens (including phenoxy) is 2. The van der Waals surface area contributed by atoms with Gasteiger partial charge in [0.05, 0.1) is 11.6 Å². The quantitative estimate of drug-likeness (QED) is 0.730. The number of hydrogen-bond donors (Lipinski definition) is 1. The SMILES string of the molecule is COCCCOCCNc1ccc(F)c(Cl)c1. The minimum atomic E-state index is -0.409. The van der Waals surface area contributed by atoms with Crippen molar-refractivity contribution in [2.24, 2.45) is 0 Å². The Labute approximate surface area is 106 Å². The number of methoxy groups -OCH3 is 1. The van der Waals surface area contributed by atoms with E-state index in [4.69, 9.17) is 21.1 Å². The van der Waals surface area contributed by atoms with Crippen molar-refractivity contribution in [2.45, 2.75) is 6.42 Å². The largest absolute Gasteiger partial charge is 0.385 e. The first kappa shape index (κ1) is 14.2. The van der Waals surface area contributed by atoms with Crippen LogP contribution in [0.2, 0.25) is 5.02 Å². The summed E-state index contributed by atoms with van der Waals surface area (Å²) < 4.78 is 23.1. The Hall–Kier alpha value is -0.840. The van der Waals surface area contributed by atoms with E-state index in [1.807, 2.05) is 0 Å². The molecule has 0 aliphatic rings. The predicted molar refractivity (Wildman–Crippen MR) is 67.2 cm³/mol. The Bertz CT molecular complexity index is 336. The van der Waals surface area contributed by atoms with Crippen LogP contribution in [0.3, 0.4) is 0 Å². The van der Waals surface area contributed by atoms with Gasteiger partial charge in [-0.2, -0.15) is 0 Å².